The number of aliphatic hydroxyl groups is 1. The molecule has 0 aliphatic heterocycles. The predicted molar refractivity (Wildman–Crippen MR) is 53.5 cm³/mol. The number of carboxylic acid groups (broad SMARTS) is 1. The number of aliphatic carboxylic acids is 1. The van der Waals surface area contributed by atoms with E-state index >= 15 is 0 Å². The molecular weight excluding hydrogens is 180 g/mol. The van der Waals surface area contributed by atoms with Gasteiger partial charge in [-0.1, -0.05) is 36.3 Å². The van der Waals surface area contributed by atoms with Crippen LogP contribution in [0.25, 0.3) is 0 Å². The van der Waals surface area contributed by atoms with Crippen molar-refractivity contribution in [3.8, 4) is 12.3 Å². The summed E-state index contributed by atoms with van der Waals surface area (Å²) in [5.74, 6) is 1.40. The molecule has 0 fully saturated rings. The summed E-state index contributed by atoms with van der Waals surface area (Å²) in [5, 5.41) is 16.5. The first-order valence-electron chi connectivity index (χ1n) is 3.96. The number of rotatable bonds is 1. The van der Waals surface area contributed by atoms with Crippen molar-refractivity contribution >= 4 is 5.97 Å². The molecule has 1 atom stereocenters. The van der Waals surface area contributed by atoms with Gasteiger partial charge in [0.2, 0.25) is 0 Å². The lowest BCUT2D eigenvalue weighted by molar-refractivity contribution is -0.134. The molecule has 0 amide bonds. The van der Waals surface area contributed by atoms with E-state index in [9.17, 15) is 0 Å². The third-order valence-corrected chi connectivity index (χ3v) is 1.27. The minimum absolute atomic E-state index is 0.763. The maximum absolute atomic E-state index is 9.09. The van der Waals surface area contributed by atoms with Crippen molar-refractivity contribution in [2.45, 2.75) is 13.0 Å². The SMILES string of the molecule is C#CC(O)c1ccccc1.CC(=O)O. The molecule has 74 valence electrons. The monoisotopic (exact) mass is 192 g/mol. The van der Waals surface area contributed by atoms with Gasteiger partial charge < -0.3 is 10.2 Å². The second kappa shape index (κ2) is 6.70. The van der Waals surface area contributed by atoms with E-state index in [0.717, 1.165) is 12.5 Å². The van der Waals surface area contributed by atoms with Gasteiger partial charge in [-0.2, -0.15) is 0 Å². The molecule has 0 bridgehead atoms. The molecule has 3 heteroatoms. The smallest absolute Gasteiger partial charge is 0.300 e. The van der Waals surface area contributed by atoms with Crippen molar-refractivity contribution in [2.75, 3.05) is 0 Å². The van der Waals surface area contributed by atoms with E-state index in [-0.39, 0.29) is 0 Å². The minimum Gasteiger partial charge on any atom is -0.481 e. The van der Waals surface area contributed by atoms with Crippen LogP contribution in [0.2, 0.25) is 0 Å². The molecule has 1 rings (SSSR count). The Morgan fingerprint density at radius 3 is 2.21 bits per heavy atom. The zero-order chi connectivity index (χ0) is 11.0. The average Bonchev–Trinajstić information content (AvgIpc) is 2.17. The molecule has 2 N–H and O–H groups in total. The van der Waals surface area contributed by atoms with E-state index in [1.165, 1.54) is 0 Å². The molecule has 14 heavy (non-hydrogen) atoms. The predicted octanol–water partition coefficient (Wildman–Crippen LogP) is 1.44. The summed E-state index contributed by atoms with van der Waals surface area (Å²) in [5.41, 5.74) is 0.769. The molecule has 0 heterocycles. The number of hydrogen-bond acceptors (Lipinski definition) is 2. The highest BCUT2D eigenvalue weighted by molar-refractivity contribution is 5.62. The second-order valence-corrected chi connectivity index (χ2v) is 2.50. The Morgan fingerprint density at radius 2 is 1.86 bits per heavy atom. The van der Waals surface area contributed by atoms with Gasteiger partial charge in [0.15, 0.2) is 0 Å². The number of carboxylic acids is 1. The Bertz CT molecular complexity index is 307. The molecule has 0 aromatic heterocycles. The van der Waals surface area contributed by atoms with Gasteiger partial charge >= 0.3 is 0 Å². The Labute approximate surface area is 83.0 Å². The van der Waals surface area contributed by atoms with Crippen LogP contribution >= 0.6 is 0 Å². The Balaban J connectivity index is 0.000000364. The van der Waals surface area contributed by atoms with Crippen LogP contribution in [0.5, 0.6) is 0 Å². The van der Waals surface area contributed by atoms with Crippen LogP contribution in [0.3, 0.4) is 0 Å². The number of terminal acetylenes is 1. The molecular formula is C11H12O3. The summed E-state index contributed by atoms with van der Waals surface area (Å²) in [7, 11) is 0. The summed E-state index contributed by atoms with van der Waals surface area (Å²) in [4.78, 5) is 9.00. The van der Waals surface area contributed by atoms with Gasteiger partial charge in [0, 0.05) is 6.92 Å². The van der Waals surface area contributed by atoms with Crippen molar-refractivity contribution in [1.29, 1.82) is 0 Å². The van der Waals surface area contributed by atoms with Gasteiger partial charge in [-0.05, 0) is 5.56 Å². The number of aliphatic hydroxyl groups excluding tert-OH is 1. The molecule has 0 radical (unpaired) electrons. The zero-order valence-electron chi connectivity index (χ0n) is 7.84. The van der Waals surface area contributed by atoms with Gasteiger partial charge in [-0.25, -0.2) is 0 Å². The molecule has 1 unspecified atom stereocenters. The molecule has 0 saturated heterocycles. The third kappa shape index (κ3) is 5.81. The van der Waals surface area contributed by atoms with Gasteiger partial charge in [-0.15, -0.1) is 6.42 Å². The van der Waals surface area contributed by atoms with E-state index in [0.29, 0.717) is 0 Å². The summed E-state index contributed by atoms with van der Waals surface area (Å²) in [6, 6.07) is 9.16. The number of benzene rings is 1. The number of hydrogen-bond donors (Lipinski definition) is 2. The Hall–Kier alpha value is -1.79. The fraction of sp³-hybridized carbons (Fsp3) is 0.182. The molecule has 0 saturated carbocycles. The zero-order valence-corrected chi connectivity index (χ0v) is 7.84. The van der Waals surface area contributed by atoms with Gasteiger partial charge in [0.1, 0.15) is 6.10 Å². The summed E-state index contributed by atoms with van der Waals surface area (Å²) < 4.78 is 0. The van der Waals surface area contributed by atoms with E-state index < -0.39 is 12.1 Å². The Kier molecular flexibility index (Phi) is 5.84. The van der Waals surface area contributed by atoms with Crippen LogP contribution in [0.4, 0.5) is 0 Å². The van der Waals surface area contributed by atoms with Crippen LogP contribution in [-0.2, 0) is 4.79 Å². The fourth-order valence-corrected chi connectivity index (χ4v) is 0.732. The fourth-order valence-electron chi connectivity index (χ4n) is 0.732. The van der Waals surface area contributed by atoms with Crippen LogP contribution in [0.15, 0.2) is 30.3 Å². The third-order valence-electron chi connectivity index (χ3n) is 1.27. The lowest BCUT2D eigenvalue weighted by Gasteiger charge is -2.00. The normalized spacial score (nSPS) is 10.4. The largest absolute Gasteiger partial charge is 0.481 e. The molecule has 0 spiro atoms. The first-order valence-corrected chi connectivity index (χ1v) is 3.96. The van der Waals surface area contributed by atoms with Crippen molar-refractivity contribution < 1.29 is 15.0 Å². The van der Waals surface area contributed by atoms with Gasteiger partial charge in [0.05, 0.1) is 0 Å². The maximum atomic E-state index is 9.09. The molecule has 3 nitrogen and oxygen atoms in total. The highest BCUT2D eigenvalue weighted by Gasteiger charge is 1.98. The van der Waals surface area contributed by atoms with E-state index in [1.54, 1.807) is 12.1 Å². The van der Waals surface area contributed by atoms with E-state index in [1.807, 2.05) is 18.2 Å². The van der Waals surface area contributed by atoms with Crippen LogP contribution in [0.1, 0.15) is 18.6 Å². The summed E-state index contributed by atoms with van der Waals surface area (Å²) in [6.45, 7) is 1.08. The quantitative estimate of drug-likeness (QED) is 0.662. The molecule has 0 aliphatic carbocycles. The topological polar surface area (TPSA) is 57.5 Å². The van der Waals surface area contributed by atoms with E-state index in [4.69, 9.17) is 21.4 Å². The lowest BCUT2D eigenvalue weighted by Crippen LogP contribution is -1.90. The standard InChI is InChI=1S/C9H8O.C2H4O2/c1-2-9(10)8-6-4-3-5-7-8;1-2(3)4/h1,3-7,9-10H;1H3,(H,3,4). The summed E-state index contributed by atoms with van der Waals surface area (Å²) >= 11 is 0. The first kappa shape index (κ1) is 12.2. The van der Waals surface area contributed by atoms with Crippen molar-refractivity contribution in [3.63, 3.8) is 0 Å². The van der Waals surface area contributed by atoms with Crippen molar-refractivity contribution in [3.05, 3.63) is 35.9 Å². The van der Waals surface area contributed by atoms with Crippen molar-refractivity contribution in [2.24, 2.45) is 0 Å². The average molecular weight is 192 g/mol. The molecule has 1 aromatic rings. The molecule has 1 aromatic carbocycles. The minimum atomic E-state index is -0.833. The highest BCUT2D eigenvalue weighted by atomic mass is 16.4. The Morgan fingerprint density at radius 1 is 1.43 bits per heavy atom. The second-order valence-electron chi connectivity index (χ2n) is 2.50. The van der Waals surface area contributed by atoms with Crippen molar-refractivity contribution in [1.82, 2.24) is 0 Å². The van der Waals surface area contributed by atoms with Crippen LogP contribution in [-0.4, -0.2) is 16.2 Å². The molecule has 0 aliphatic rings. The van der Waals surface area contributed by atoms with Gasteiger partial charge in [-0.3, -0.25) is 4.79 Å². The first-order chi connectivity index (χ1) is 6.57. The highest BCUT2D eigenvalue weighted by Crippen LogP contribution is 2.09. The van der Waals surface area contributed by atoms with E-state index in [2.05, 4.69) is 5.92 Å². The summed E-state index contributed by atoms with van der Waals surface area (Å²) in [6.07, 6.45) is 4.24. The van der Waals surface area contributed by atoms with Crippen LogP contribution < -0.4 is 0 Å². The number of carbonyl (C=O) groups is 1. The van der Waals surface area contributed by atoms with Crippen LogP contribution in [0, 0.1) is 12.3 Å². The van der Waals surface area contributed by atoms with Gasteiger partial charge in [0.25, 0.3) is 5.97 Å². The maximum Gasteiger partial charge on any atom is 0.300 e. The lowest BCUT2D eigenvalue weighted by atomic mass is 10.1.